The van der Waals surface area contributed by atoms with Gasteiger partial charge in [-0.3, -0.25) is 9.59 Å². The quantitative estimate of drug-likeness (QED) is 0.858. The number of ketones is 2. The first kappa shape index (κ1) is 16.1. The van der Waals surface area contributed by atoms with Crippen LogP contribution in [-0.2, 0) is 9.59 Å². The highest BCUT2D eigenvalue weighted by Gasteiger charge is 2.53. The summed E-state index contributed by atoms with van der Waals surface area (Å²) in [5.74, 6) is -1.52. The molecule has 0 spiro atoms. The first-order valence-electron chi connectivity index (χ1n) is 9.08. The number of fused-ring (bicyclic) bond motifs is 2. The molecule has 2 saturated carbocycles. The zero-order valence-corrected chi connectivity index (χ0v) is 14.4. The largest absolute Gasteiger partial charge is 0.512 e. The molecule has 4 nitrogen and oxygen atoms in total. The summed E-state index contributed by atoms with van der Waals surface area (Å²) in [4.78, 5) is 26.2. The van der Waals surface area contributed by atoms with Crippen LogP contribution in [0.25, 0.3) is 0 Å². The summed E-state index contributed by atoms with van der Waals surface area (Å²) in [5, 5.41) is 13.6. The van der Waals surface area contributed by atoms with Gasteiger partial charge in [0.05, 0.1) is 11.8 Å². The van der Waals surface area contributed by atoms with E-state index in [0.29, 0.717) is 5.70 Å². The Morgan fingerprint density at radius 3 is 2.16 bits per heavy atom. The highest BCUT2D eigenvalue weighted by molar-refractivity contribution is 6.03. The van der Waals surface area contributed by atoms with E-state index in [1.165, 1.54) is 0 Å². The van der Waals surface area contributed by atoms with E-state index in [1.807, 2.05) is 31.2 Å². The van der Waals surface area contributed by atoms with Gasteiger partial charge in [-0.25, -0.2) is 0 Å². The lowest BCUT2D eigenvalue weighted by Crippen LogP contribution is -2.51. The lowest BCUT2D eigenvalue weighted by molar-refractivity contribution is -0.147. The molecule has 1 aromatic carbocycles. The number of hydrogen-bond donors (Lipinski definition) is 2. The smallest absolute Gasteiger partial charge is 0.148 e. The fraction of sp³-hybridized carbons (Fsp3) is 0.429. The Bertz CT molecular complexity index is 775. The Hall–Kier alpha value is -2.36. The van der Waals surface area contributed by atoms with Gasteiger partial charge in [-0.2, -0.15) is 0 Å². The minimum Gasteiger partial charge on any atom is -0.512 e. The number of anilines is 1. The van der Waals surface area contributed by atoms with E-state index in [2.05, 4.69) is 5.32 Å². The fourth-order valence-electron chi connectivity index (χ4n) is 4.56. The SMILES string of the molecule is Cc1ccc(NC2=CC=C(O)C3C(=O)C4CCCCC4C(=O)C23)cc1. The molecular weight excluding hydrogens is 314 g/mol. The van der Waals surface area contributed by atoms with Crippen LogP contribution >= 0.6 is 0 Å². The number of allylic oxidation sites excluding steroid dienone is 4. The van der Waals surface area contributed by atoms with Crippen LogP contribution in [0.1, 0.15) is 31.2 Å². The van der Waals surface area contributed by atoms with Gasteiger partial charge in [0.1, 0.15) is 17.3 Å². The molecule has 25 heavy (non-hydrogen) atoms. The first-order chi connectivity index (χ1) is 12.1. The van der Waals surface area contributed by atoms with Crippen molar-refractivity contribution in [2.75, 3.05) is 5.32 Å². The van der Waals surface area contributed by atoms with Crippen LogP contribution in [-0.4, -0.2) is 16.7 Å². The van der Waals surface area contributed by atoms with Crippen molar-refractivity contribution in [2.45, 2.75) is 32.6 Å². The summed E-state index contributed by atoms with van der Waals surface area (Å²) in [7, 11) is 0. The number of carbonyl (C=O) groups is 2. The third-order valence-electron chi connectivity index (χ3n) is 5.87. The van der Waals surface area contributed by atoms with Gasteiger partial charge in [-0.1, -0.05) is 30.5 Å². The Morgan fingerprint density at radius 2 is 1.52 bits per heavy atom. The highest BCUT2D eigenvalue weighted by Crippen LogP contribution is 2.46. The average Bonchev–Trinajstić information content (AvgIpc) is 2.63. The summed E-state index contributed by atoms with van der Waals surface area (Å²) in [6, 6.07) is 7.92. The summed E-state index contributed by atoms with van der Waals surface area (Å²) in [6.45, 7) is 2.02. The van der Waals surface area contributed by atoms with E-state index in [-0.39, 0.29) is 29.2 Å². The molecular formula is C21H23NO3. The van der Waals surface area contributed by atoms with E-state index in [1.54, 1.807) is 12.2 Å². The summed E-state index contributed by atoms with van der Waals surface area (Å²) < 4.78 is 0. The third kappa shape index (κ3) is 2.70. The van der Waals surface area contributed by atoms with E-state index >= 15 is 0 Å². The molecule has 0 bridgehead atoms. The minimum atomic E-state index is -0.718. The third-order valence-corrected chi connectivity index (χ3v) is 5.87. The predicted molar refractivity (Wildman–Crippen MR) is 96.0 cm³/mol. The Balaban J connectivity index is 1.68. The number of nitrogens with one attached hydrogen (secondary N) is 1. The molecule has 0 saturated heterocycles. The summed E-state index contributed by atoms with van der Waals surface area (Å²) in [5.41, 5.74) is 2.76. The first-order valence-corrected chi connectivity index (χ1v) is 9.08. The lowest BCUT2D eigenvalue weighted by Gasteiger charge is -2.43. The monoisotopic (exact) mass is 337 g/mol. The molecule has 2 fully saturated rings. The molecule has 4 rings (SSSR count). The second kappa shape index (κ2) is 6.17. The number of benzene rings is 1. The van der Waals surface area contributed by atoms with Crippen LogP contribution < -0.4 is 5.32 Å². The van der Waals surface area contributed by atoms with Crippen LogP contribution in [0.5, 0.6) is 0 Å². The Morgan fingerprint density at radius 1 is 0.920 bits per heavy atom. The normalized spacial score (nSPS) is 31.6. The van der Waals surface area contributed by atoms with Crippen LogP contribution in [0, 0.1) is 30.6 Å². The van der Waals surface area contributed by atoms with Crippen molar-refractivity contribution in [2.24, 2.45) is 23.7 Å². The summed E-state index contributed by atoms with van der Waals surface area (Å²) in [6.07, 6.45) is 6.86. The van der Waals surface area contributed by atoms with Crippen molar-refractivity contribution in [3.63, 3.8) is 0 Å². The van der Waals surface area contributed by atoms with Crippen LogP contribution in [0.2, 0.25) is 0 Å². The van der Waals surface area contributed by atoms with Gasteiger partial charge in [0.2, 0.25) is 0 Å². The maximum atomic E-state index is 13.2. The molecule has 1 aromatic rings. The second-order valence-corrected chi connectivity index (χ2v) is 7.46. The molecule has 4 heteroatoms. The number of aliphatic hydroxyl groups is 1. The zero-order valence-electron chi connectivity index (χ0n) is 14.4. The molecule has 2 N–H and O–H groups in total. The second-order valence-electron chi connectivity index (χ2n) is 7.46. The van der Waals surface area contributed by atoms with Crippen molar-refractivity contribution in [3.05, 3.63) is 53.4 Å². The van der Waals surface area contributed by atoms with Crippen molar-refractivity contribution < 1.29 is 14.7 Å². The molecule has 130 valence electrons. The van der Waals surface area contributed by atoms with E-state index < -0.39 is 11.8 Å². The Kier molecular flexibility index (Phi) is 3.98. The summed E-state index contributed by atoms with van der Waals surface area (Å²) >= 11 is 0. The van der Waals surface area contributed by atoms with Crippen LogP contribution in [0.3, 0.4) is 0 Å². The topological polar surface area (TPSA) is 66.4 Å². The number of hydrogen-bond acceptors (Lipinski definition) is 4. The van der Waals surface area contributed by atoms with Crippen molar-refractivity contribution in [1.82, 2.24) is 0 Å². The Labute approximate surface area is 147 Å². The van der Waals surface area contributed by atoms with Gasteiger partial charge in [-0.15, -0.1) is 0 Å². The molecule has 4 unspecified atom stereocenters. The van der Waals surface area contributed by atoms with Gasteiger partial charge >= 0.3 is 0 Å². The predicted octanol–water partition coefficient (Wildman–Crippen LogP) is 3.94. The van der Waals surface area contributed by atoms with E-state index in [0.717, 1.165) is 36.9 Å². The highest BCUT2D eigenvalue weighted by atomic mass is 16.3. The lowest BCUT2D eigenvalue weighted by atomic mass is 9.60. The molecule has 0 aliphatic heterocycles. The van der Waals surface area contributed by atoms with Crippen molar-refractivity contribution in [3.8, 4) is 0 Å². The maximum absolute atomic E-state index is 13.2. The van der Waals surface area contributed by atoms with Crippen LogP contribution in [0.4, 0.5) is 5.69 Å². The number of aliphatic hydroxyl groups excluding tert-OH is 1. The van der Waals surface area contributed by atoms with Gasteiger partial charge in [0.25, 0.3) is 0 Å². The minimum absolute atomic E-state index is 0.0295. The van der Waals surface area contributed by atoms with Gasteiger partial charge in [0.15, 0.2) is 0 Å². The molecule has 3 aliphatic carbocycles. The van der Waals surface area contributed by atoms with Crippen LogP contribution in [0.15, 0.2) is 47.9 Å². The fourth-order valence-corrected chi connectivity index (χ4v) is 4.56. The molecule has 0 radical (unpaired) electrons. The maximum Gasteiger partial charge on any atom is 0.148 e. The van der Waals surface area contributed by atoms with Gasteiger partial charge in [-0.05, 0) is 44.1 Å². The van der Waals surface area contributed by atoms with Gasteiger partial charge < -0.3 is 10.4 Å². The number of carbonyl (C=O) groups excluding carboxylic acids is 2. The average molecular weight is 337 g/mol. The molecule has 0 heterocycles. The number of aryl methyl sites for hydroxylation is 1. The number of rotatable bonds is 2. The number of Topliss-reactive ketones (excluding diaryl/α,β-unsaturated/α-hetero) is 2. The van der Waals surface area contributed by atoms with E-state index in [4.69, 9.17) is 0 Å². The van der Waals surface area contributed by atoms with Crippen molar-refractivity contribution in [1.29, 1.82) is 0 Å². The standard InChI is InChI=1S/C21H23NO3/c1-12-6-8-13(9-7-12)22-16-10-11-17(23)19-18(16)20(24)14-4-2-3-5-15(14)21(19)25/h6-11,14-15,18-19,22-23H,2-5H2,1H3. The molecule has 0 aromatic heterocycles. The van der Waals surface area contributed by atoms with Crippen molar-refractivity contribution >= 4 is 17.3 Å². The zero-order chi connectivity index (χ0) is 17.6. The molecule has 3 aliphatic rings. The molecule has 4 atom stereocenters. The molecule has 0 amide bonds. The van der Waals surface area contributed by atoms with E-state index in [9.17, 15) is 14.7 Å². The van der Waals surface area contributed by atoms with Gasteiger partial charge in [0, 0.05) is 23.2 Å².